The van der Waals surface area contributed by atoms with Crippen LogP contribution in [0.1, 0.15) is 6.92 Å². The first-order chi connectivity index (χ1) is 4.72. The highest BCUT2D eigenvalue weighted by atomic mass is 16.4. The number of carboxylic acid groups (broad SMARTS) is 1. The van der Waals surface area contributed by atoms with E-state index in [9.17, 15) is 4.79 Å². The molecule has 4 heteroatoms. The Kier molecular flexibility index (Phi) is 1.89. The zero-order valence-corrected chi connectivity index (χ0v) is 5.79. The molecule has 0 fully saturated rings. The summed E-state index contributed by atoms with van der Waals surface area (Å²) in [6.07, 6.45) is 0. The fraction of sp³-hybridized carbons (Fsp3) is 0.667. The first kappa shape index (κ1) is 7.05. The van der Waals surface area contributed by atoms with E-state index in [0.717, 1.165) is 6.54 Å². The van der Waals surface area contributed by atoms with Crippen molar-refractivity contribution >= 4 is 11.8 Å². The van der Waals surface area contributed by atoms with Crippen LogP contribution in [0.25, 0.3) is 0 Å². The molecular formula is C6H10N2O2. The van der Waals surface area contributed by atoms with Crippen LogP contribution in [-0.4, -0.2) is 30.0 Å². The number of nitrogens with one attached hydrogen (secondary N) is 1. The average Bonchev–Trinajstić information content (AvgIpc) is 2.36. The Bertz CT molecular complexity index is 177. The smallest absolute Gasteiger partial charge is 0.313 e. The first-order valence-electron chi connectivity index (χ1n) is 3.23. The van der Waals surface area contributed by atoms with Gasteiger partial charge in [-0.25, -0.2) is 0 Å². The Balaban J connectivity index is 2.55. The van der Waals surface area contributed by atoms with Gasteiger partial charge in [0.15, 0.2) is 0 Å². The summed E-state index contributed by atoms with van der Waals surface area (Å²) < 4.78 is 0. The van der Waals surface area contributed by atoms with Crippen molar-refractivity contribution in [2.75, 3.05) is 13.1 Å². The van der Waals surface area contributed by atoms with Gasteiger partial charge in [-0.15, -0.1) is 0 Å². The number of rotatable bonds is 2. The Morgan fingerprint density at radius 1 is 1.90 bits per heavy atom. The van der Waals surface area contributed by atoms with E-state index in [0.29, 0.717) is 12.4 Å². The monoisotopic (exact) mass is 142 g/mol. The lowest BCUT2D eigenvalue weighted by atomic mass is 10.2. The quantitative estimate of drug-likeness (QED) is 0.557. The molecule has 2 N–H and O–H groups in total. The van der Waals surface area contributed by atoms with Crippen molar-refractivity contribution < 1.29 is 9.90 Å². The number of hydrogen-bond acceptors (Lipinski definition) is 3. The van der Waals surface area contributed by atoms with Gasteiger partial charge in [0.1, 0.15) is 11.8 Å². The van der Waals surface area contributed by atoms with Gasteiger partial charge in [-0.2, -0.15) is 0 Å². The molecule has 0 aliphatic carbocycles. The van der Waals surface area contributed by atoms with Gasteiger partial charge in [-0.3, -0.25) is 9.79 Å². The van der Waals surface area contributed by atoms with Crippen LogP contribution in [0.3, 0.4) is 0 Å². The topological polar surface area (TPSA) is 61.7 Å². The molecule has 1 heterocycles. The molecule has 56 valence electrons. The lowest BCUT2D eigenvalue weighted by molar-refractivity contribution is -0.138. The Morgan fingerprint density at radius 2 is 2.60 bits per heavy atom. The van der Waals surface area contributed by atoms with Crippen LogP contribution in [0.5, 0.6) is 0 Å². The van der Waals surface area contributed by atoms with Crippen molar-refractivity contribution in [1.82, 2.24) is 5.32 Å². The molecule has 0 aromatic rings. The molecule has 0 radical (unpaired) electrons. The molecule has 0 saturated carbocycles. The molecule has 1 aliphatic rings. The number of hydrogen-bond donors (Lipinski definition) is 2. The minimum atomic E-state index is -0.826. The third-order valence-corrected chi connectivity index (χ3v) is 1.48. The second-order valence-corrected chi connectivity index (χ2v) is 2.25. The van der Waals surface area contributed by atoms with Gasteiger partial charge in [0.05, 0.1) is 6.54 Å². The van der Waals surface area contributed by atoms with Crippen molar-refractivity contribution in [1.29, 1.82) is 0 Å². The predicted molar refractivity (Wildman–Crippen MR) is 37.1 cm³/mol. The number of amidine groups is 1. The summed E-state index contributed by atoms with van der Waals surface area (Å²) in [5.41, 5.74) is 0. The number of aliphatic carboxylic acids is 1. The summed E-state index contributed by atoms with van der Waals surface area (Å²) >= 11 is 0. The van der Waals surface area contributed by atoms with E-state index in [1.165, 1.54) is 0 Å². The summed E-state index contributed by atoms with van der Waals surface area (Å²) in [5.74, 6) is -0.705. The molecule has 0 saturated heterocycles. The maximum Gasteiger partial charge on any atom is 0.313 e. The van der Waals surface area contributed by atoms with Gasteiger partial charge in [-0.1, -0.05) is 0 Å². The lowest BCUT2D eigenvalue weighted by Gasteiger charge is -2.04. The van der Waals surface area contributed by atoms with E-state index in [1.54, 1.807) is 6.92 Å². The van der Waals surface area contributed by atoms with Crippen LogP contribution in [0, 0.1) is 5.92 Å². The van der Waals surface area contributed by atoms with E-state index in [4.69, 9.17) is 5.11 Å². The molecular weight excluding hydrogens is 132 g/mol. The van der Waals surface area contributed by atoms with E-state index in [-0.39, 0.29) is 0 Å². The summed E-state index contributed by atoms with van der Waals surface area (Å²) in [7, 11) is 0. The molecule has 1 rings (SSSR count). The van der Waals surface area contributed by atoms with E-state index in [2.05, 4.69) is 10.3 Å². The molecule has 0 aromatic heterocycles. The maximum absolute atomic E-state index is 10.4. The van der Waals surface area contributed by atoms with Crippen LogP contribution in [-0.2, 0) is 4.79 Å². The van der Waals surface area contributed by atoms with Gasteiger partial charge in [-0.05, 0) is 6.92 Å². The van der Waals surface area contributed by atoms with E-state index >= 15 is 0 Å². The second kappa shape index (κ2) is 2.68. The lowest BCUT2D eigenvalue weighted by Crippen LogP contribution is -2.30. The van der Waals surface area contributed by atoms with Crippen molar-refractivity contribution in [3.05, 3.63) is 0 Å². The third-order valence-electron chi connectivity index (χ3n) is 1.48. The number of nitrogens with zero attached hydrogens (tertiary/aromatic N) is 1. The highest BCUT2D eigenvalue weighted by molar-refractivity contribution is 6.00. The molecule has 0 aromatic carbocycles. The Labute approximate surface area is 59.0 Å². The largest absolute Gasteiger partial charge is 0.481 e. The van der Waals surface area contributed by atoms with Crippen molar-refractivity contribution in [3.8, 4) is 0 Å². The van der Waals surface area contributed by atoms with E-state index in [1.807, 2.05) is 0 Å². The summed E-state index contributed by atoms with van der Waals surface area (Å²) in [6.45, 7) is 3.10. The summed E-state index contributed by atoms with van der Waals surface area (Å²) in [4.78, 5) is 14.3. The van der Waals surface area contributed by atoms with Crippen LogP contribution in [0.15, 0.2) is 4.99 Å². The van der Waals surface area contributed by atoms with E-state index < -0.39 is 11.9 Å². The zero-order chi connectivity index (χ0) is 7.56. The zero-order valence-electron chi connectivity index (χ0n) is 5.79. The molecule has 4 nitrogen and oxygen atoms in total. The van der Waals surface area contributed by atoms with Crippen LogP contribution >= 0.6 is 0 Å². The number of carbonyl (C=O) groups is 1. The fourth-order valence-corrected chi connectivity index (χ4v) is 0.823. The fourth-order valence-electron chi connectivity index (χ4n) is 0.823. The van der Waals surface area contributed by atoms with Gasteiger partial charge >= 0.3 is 5.97 Å². The molecule has 0 bridgehead atoms. The van der Waals surface area contributed by atoms with Gasteiger partial charge in [0.25, 0.3) is 0 Å². The molecule has 10 heavy (non-hydrogen) atoms. The van der Waals surface area contributed by atoms with Gasteiger partial charge < -0.3 is 10.4 Å². The third kappa shape index (κ3) is 1.26. The predicted octanol–water partition coefficient (Wildman–Crippen LogP) is -0.291. The second-order valence-electron chi connectivity index (χ2n) is 2.25. The minimum Gasteiger partial charge on any atom is -0.481 e. The van der Waals surface area contributed by atoms with Crippen molar-refractivity contribution in [2.45, 2.75) is 6.92 Å². The van der Waals surface area contributed by atoms with Crippen LogP contribution in [0.2, 0.25) is 0 Å². The molecule has 0 amide bonds. The Hall–Kier alpha value is -1.06. The molecule has 1 unspecified atom stereocenters. The number of aliphatic imine (C=N–C) groups is 1. The first-order valence-corrected chi connectivity index (χ1v) is 3.23. The summed E-state index contributed by atoms with van der Waals surface area (Å²) in [6, 6.07) is 0. The molecule has 0 spiro atoms. The maximum atomic E-state index is 10.4. The summed E-state index contributed by atoms with van der Waals surface area (Å²) in [5, 5.41) is 11.4. The van der Waals surface area contributed by atoms with Crippen LogP contribution < -0.4 is 5.32 Å². The van der Waals surface area contributed by atoms with Gasteiger partial charge in [0, 0.05) is 6.54 Å². The normalized spacial score (nSPS) is 19.5. The van der Waals surface area contributed by atoms with Crippen LogP contribution in [0.4, 0.5) is 0 Å². The highest BCUT2D eigenvalue weighted by Crippen LogP contribution is 1.99. The average molecular weight is 142 g/mol. The molecule has 1 aliphatic heterocycles. The SMILES string of the molecule is CC(C(=O)O)C1=NCCN1. The van der Waals surface area contributed by atoms with Gasteiger partial charge in [0.2, 0.25) is 0 Å². The molecule has 1 atom stereocenters. The standard InChI is InChI=1S/C6H10N2O2/c1-4(6(9)10)5-7-2-3-8-5/h4H,2-3H2,1H3,(H,7,8)(H,9,10). The van der Waals surface area contributed by atoms with Crippen molar-refractivity contribution in [3.63, 3.8) is 0 Å². The Morgan fingerprint density at radius 3 is 3.00 bits per heavy atom. The highest BCUT2D eigenvalue weighted by Gasteiger charge is 2.19. The van der Waals surface area contributed by atoms with Crippen molar-refractivity contribution in [2.24, 2.45) is 10.9 Å². The number of carboxylic acids is 1. The minimum absolute atomic E-state index is 0.484.